The van der Waals surface area contributed by atoms with Crippen LogP contribution in [0.25, 0.3) is 22.7 Å². The highest BCUT2D eigenvalue weighted by Crippen LogP contribution is 2.57. The van der Waals surface area contributed by atoms with E-state index in [2.05, 4.69) is 20.6 Å². The zero-order valence-electron chi connectivity index (χ0n) is 26.8. The molecule has 3 rings (SSSR count). The molecule has 0 unspecified atom stereocenters. The molecule has 0 aliphatic heterocycles. The molecule has 0 bridgehead atoms. The summed E-state index contributed by atoms with van der Waals surface area (Å²) in [5, 5.41) is 10.8. The van der Waals surface area contributed by atoms with Gasteiger partial charge in [-0.25, -0.2) is 27.8 Å². The van der Waals surface area contributed by atoms with Crippen LogP contribution in [0.1, 0.15) is 48.6 Å². The van der Waals surface area contributed by atoms with Crippen molar-refractivity contribution in [3.8, 4) is 34.2 Å². The van der Waals surface area contributed by atoms with Gasteiger partial charge in [0.1, 0.15) is 17.1 Å². The summed E-state index contributed by atoms with van der Waals surface area (Å²) in [4.78, 5) is 17.4. The number of carbonyl (C=O) groups is 1. The standard InChI is InChI=1S/C26H42N8O7P2/c1-13-27-26(35)23-22(25-28-17(4)38-30-25)24(39-29-23)19-14-18(16(2)3)20(40-42(36,31(5)6)32(7)8)15-21(19)41-43(37,33(9)10)34(11)12/h14-16H,13H2,1-12H3,(H,27,35). The lowest BCUT2D eigenvalue weighted by Crippen LogP contribution is -2.25. The lowest BCUT2D eigenvalue weighted by molar-refractivity contribution is 0.0947. The van der Waals surface area contributed by atoms with Gasteiger partial charge in [-0.1, -0.05) is 24.2 Å². The van der Waals surface area contributed by atoms with E-state index in [0.29, 0.717) is 17.7 Å². The van der Waals surface area contributed by atoms with Crippen molar-refractivity contribution in [3.63, 3.8) is 0 Å². The van der Waals surface area contributed by atoms with Crippen molar-refractivity contribution in [1.29, 1.82) is 0 Å². The number of hydrogen-bond donors (Lipinski definition) is 1. The van der Waals surface area contributed by atoms with Gasteiger partial charge in [0, 0.05) is 19.5 Å². The Morgan fingerprint density at radius 3 is 1.86 bits per heavy atom. The quantitative estimate of drug-likeness (QED) is 0.254. The van der Waals surface area contributed by atoms with E-state index in [0.717, 1.165) is 0 Å². The summed E-state index contributed by atoms with van der Waals surface area (Å²) in [6, 6.07) is 3.25. The van der Waals surface area contributed by atoms with Gasteiger partial charge in [0.05, 0.1) is 5.56 Å². The first kappa shape index (κ1) is 34.4. The fourth-order valence-electron chi connectivity index (χ4n) is 4.14. The molecular formula is C26H42N8O7P2. The maximum Gasteiger partial charge on any atom is 0.394 e. The largest absolute Gasteiger partial charge is 0.421 e. The number of nitrogens with zero attached hydrogens (tertiary/aromatic N) is 7. The summed E-state index contributed by atoms with van der Waals surface area (Å²) in [5.74, 6) is 0.0833. The molecule has 0 radical (unpaired) electrons. The van der Waals surface area contributed by atoms with E-state index in [1.165, 1.54) is 24.7 Å². The third-order valence-corrected chi connectivity index (χ3v) is 11.3. The van der Waals surface area contributed by atoms with Crippen LogP contribution < -0.4 is 14.4 Å². The van der Waals surface area contributed by atoms with Crippen LogP contribution in [-0.2, 0) is 9.13 Å². The van der Waals surface area contributed by atoms with E-state index < -0.39 is 21.2 Å². The van der Waals surface area contributed by atoms with Crippen molar-refractivity contribution in [1.82, 2.24) is 39.3 Å². The van der Waals surface area contributed by atoms with Gasteiger partial charge < -0.3 is 23.4 Å². The van der Waals surface area contributed by atoms with E-state index in [1.54, 1.807) is 76.3 Å². The SMILES string of the molecule is CCNC(=O)c1noc(-c2cc(C(C)C)c(OP(=O)(N(C)C)N(C)C)cc2OP(=O)(N(C)C)N(C)C)c1-c1noc(C)n1. The molecule has 0 spiro atoms. The molecule has 3 aromatic rings. The van der Waals surface area contributed by atoms with Crippen molar-refractivity contribution in [2.45, 2.75) is 33.6 Å². The van der Waals surface area contributed by atoms with Crippen molar-refractivity contribution in [3.05, 3.63) is 29.3 Å². The molecule has 0 fully saturated rings. The van der Waals surface area contributed by atoms with E-state index in [-0.39, 0.29) is 46.1 Å². The second-order valence-corrected chi connectivity index (χ2v) is 16.4. The molecule has 43 heavy (non-hydrogen) atoms. The number of aromatic nitrogens is 3. The smallest absolute Gasteiger partial charge is 0.394 e. The second-order valence-electron chi connectivity index (χ2n) is 10.8. The Kier molecular flexibility index (Phi) is 10.6. The van der Waals surface area contributed by atoms with Gasteiger partial charge in [-0.3, -0.25) is 4.79 Å². The van der Waals surface area contributed by atoms with E-state index in [4.69, 9.17) is 18.1 Å². The first-order chi connectivity index (χ1) is 20.0. The summed E-state index contributed by atoms with van der Waals surface area (Å²) < 4.78 is 57.5. The molecule has 1 N–H and O–H groups in total. The number of amides is 1. The maximum atomic E-state index is 14.1. The average molecular weight is 641 g/mol. The minimum absolute atomic E-state index is 0.0641. The number of aryl methyl sites for hydroxylation is 1. The third kappa shape index (κ3) is 6.87. The van der Waals surface area contributed by atoms with Gasteiger partial charge in [0.15, 0.2) is 11.5 Å². The number of carbonyl (C=O) groups excluding carboxylic acids is 1. The van der Waals surface area contributed by atoms with Gasteiger partial charge in [-0.2, -0.15) is 4.98 Å². The van der Waals surface area contributed by atoms with Gasteiger partial charge in [-0.15, -0.1) is 0 Å². The zero-order valence-corrected chi connectivity index (χ0v) is 28.6. The van der Waals surface area contributed by atoms with Crippen LogP contribution >= 0.6 is 15.3 Å². The molecule has 1 aromatic carbocycles. The summed E-state index contributed by atoms with van der Waals surface area (Å²) >= 11 is 0. The fourth-order valence-corrected chi connectivity index (χ4v) is 7.05. The summed E-state index contributed by atoms with van der Waals surface area (Å²) in [5.41, 5.74) is 1.03. The van der Waals surface area contributed by atoms with E-state index in [1.807, 2.05) is 13.8 Å². The highest BCUT2D eigenvalue weighted by molar-refractivity contribution is 7.54. The van der Waals surface area contributed by atoms with Gasteiger partial charge in [-0.05, 0) is 80.9 Å². The molecular weight excluding hydrogens is 598 g/mol. The van der Waals surface area contributed by atoms with Crippen molar-refractivity contribution < 1.29 is 32.0 Å². The summed E-state index contributed by atoms with van der Waals surface area (Å²) in [6.45, 7) is 7.62. The number of benzene rings is 1. The molecule has 2 heterocycles. The predicted molar refractivity (Wildman–Crippen MR) is 163 cm³/mol. The Morgan fingerprint density at radius 1 is 0.884 bits per heavy atom. The Balaban J connectivity index is 2.44. The molecule has 238 valence electrons. The molecule has 0 saturated heterocycles. The molecule has 2 aromatic heterocycles. The Hall–Kier alpha value is -3.06. The Bertz CT molecular complexity index is 1520. The highest BCUT2D eigenvalue weighted by atomic mass is 31.2. The molecule has 0 aliphatic rings. The predicted octanol–water partition coefficient (Wildman–Crippen LogP) is 4.79. The van der Waals surface area contributed by atoms with Gasteiger partial charge in [0.2, 0.25) is 11.7 Å². The molecule has 15 nitrogen and oxygen atoms in total. The van der Waals surface area contributed by atoms with E-state index >= 15 is 0 Å². The lowest BCUT2D eigenvalue weighted by Gasteiger charge is -2.32. The second kappa shape index (κ2) is 13.3. The first-order valence-electron chi connectivity index (χ1n) is 13.5. The maximum absolute atomic E-state index is 14.1. The van der Waals surface area contributed by atoms with Gasteiger partial charge >= 0.3 is 15.3 Å². The van der Waals surface area contributed by atoms with Gasteiger partial charge in [0.25, 0.3) is 5.91 Å². The van der Waals surface area contributed by atoms with Crippen molar-refractivity contribution in [2.24, 2.45) is 0 Å². The van der Waals surface area contributed by atoms with Crippen molar-refractivity contribution >= 4 is 21.2 Å². The van der Waals surface area contributed by atoms with Crippen LogP contribution in [0.15, 0.2) is 21.2 Å². The topological polar surface area (TPSA) is 160 Å². The normalized spacial score (nSPS) is 12.7. The van der Waals surface area contributed by atoms with Crippen LogP contribution in [0.5, 0.6) is 11.5 Å². The molecule has 17 heteroatoms. The minimum Gasteiger partial charge on any atom is -0.421 e. The lowest BCUT2D eigenvalue weighted by atomic mass is 9.96. The molecule has 0 saturated carbocycles. The Morgan fingerprint density at radius 2 is 1.42 bits per heavy atom. The first-order valence-corrected chi connectivity index (χ1v) is 16.6. The zero-order chi connectivity index (χ0) is 32.4. The average Bonchev–Trinajstić information content (AvgIpc) is 3.54. The highest BCUT2D eigenvalue weighted by Gasteiger charge is 2.37. The number of hydrogen-bond acceptors (Lipinski definition) is 10. The van der Waals surface area contributed by atoms with Crippen LogP contribution in [-0.4, -0.2) is 103 Å². The monoisotopic (exact) mass is 640 g/mol. The van der Waals surface area contributed by atoms with E-state index in [9.17, 15) is 13.9 Å². The summed E-state index contributed by atoms with van der Waals surface area (Å²) in [6.07, 6.45) is 0. The third-order valence-electron chi connectivity index (χ3n) is 6.43. The van der Waals surface area contributed by atoms with Crippen LogP contribution in [0, 0.1) is 6.92 Å². The molecule has 1 amide bonds. The Labute approximate surface area is 252 Å². The fraction of sp³-hybridized carbons (Fsp3) is 0.538. The number of nitrogens with one attached hydrogen (secondary N) is 1. The molecule has 0 atom stereocenters. The number of rotatable bonds is 13. The molecule has 0 aliphatic carbocycles. The van der Waals surface area contributed by atoms with Crippen molar-refractivity contribution in [2.75, 3.05) is 62.9 Å². The van der Waals surface area contributed by atoms with Crippen LogP contribution in [0.2, 0.25) is 0 Å². The van der Waals surface area contributed by atoms with Crippen LogP contribution in [0.3, 0.4) is 0 Å². The minimum atomic E-state index is -3.66. The summed E-state index contributed by atoms with van der Waals surface area (Å²) in [7, 11) is 5.96. The van der Waals surface area contributed by atoms with Crippen LogP contribution in [0.4, 0.5) is 0 Å².